The number of rotatable bonds is 4. The van der Waals surface area contributed by atoms with Crippen molar-refractivity contribution in [1.82, 2.24) is 25.2 Å². The average molecular weight is 388 g/mol. The van der Waals surface area contributed by atoms with Crippen molar-refractivity contribution in [2.45, 2.75) is 44.9 Å². The molecule has 2 amide bonds. The zero-order valence-electron chi connectivity index (χ0n) is 14.8. The molecule has 2 aromatic rings. The van der Waals surface area contributed by atoms with Crippen LogP contribution in [0, 0.1) is 6.92 Å². The molecule has 27 heavy (non-hydrogen) atoms. The number of carbonyl (C=O) groups excluding carboxylic acids is 1. The van der Waals surface area contributed by atoms with Crippen LogP contribution in [-0.2, 0) is 23.0 Å². The third kappa shape index (κ3) is 3.89. The minimum atomic E-state index is -4.66. The van der Waals surface area contributed by atoms with Gasteiger partial charge in [0, 0.05) is 32.6 Å². The summed E-state index contributed by atoms with van der Waals surface area (Å²) in [5.41, 5.74) is -2.46. The molecule has 0 radical (unpaired) electrons. The van der Waals surface area contributed by atoms with Crippen LogP contribution in [0.25, 0.3) is 0 Å². The molecule has 2 N–H and O–H groups in total. The predicted molar refractivity (Wildman–Crippen MR) is 85.8 cm³/mol. The van der Waals surface area contributed by atoms with Crippen LogP contribution in [0.3, 0.4) is 0 Å². The summed E-state index contributed by atoms with van der Waals surface area (Å²) in [7, 11) is 0. The van der Waals surface area contributed by atoms with Crippen LogP contribution in [-0.4, -0.2) is 39.2 Å². The Morgan fingerprint density at radius 3 is 2.63 bits per heavy atom. The maximum atomic E-state index is 13.3. The number of hydrogen-bond donors (Lipinski definition) is 2. The summed E-state index contributed by atoms with van der Waals surface area (Å²) in [5, 5.41) is 12.3. The molecule has 0 spiro atoms. The van der Waals surface area contributed by atoms with E-state index in [0.717, 1.165) is 10.9 Å². The first-order valence-electron chi connectivity index (χ1n) is 8.36. The lowest BCUT2D eigenvalue weighted by Gasteiger charge is -2.34. The maximum absolute atomic E-state index is 13.3. The molecule has 3 rings (SSSR count). The molecule has 9 nitrogen and oxygen atoms in total. The molecule has 0 bridgehead atoms. The standard InChI is InChI=1S/C15H19F3N6O3/c1-3-24-11(15(16,17)18)10(8-19-24)21-13(25)22-14(4-6-26-7-5-14)12-20-9(2)23-27-12/h8H,3-7H2,1-2H3,(H2,21,22,25). The molecular formula is C15H19F3N6O3. The number of hydrogen-bond acceptors (Lipinski definition) is 6. The highest BCUT2D eigenvalue weighted by Crippen LogP contribution is 2.35. The quantitative estimate of drug-likeness (QED) is 0.833. The number of ether oxygens (including phenoxy) is 1. The Hall–Kier alpha value is -2.63. The molecule has 0 atom stereocenters. The summed E-state index contributed by atoms with van der Waals surface area (Å²) < 4.78 is 51.2. The molecule has 1 fully saturated rings. The van der Waals surface area contributed by atoms with E-state index < -0.39 is 29.1 Å². The van der Waals surface area contributed by atoms with Gasteiger partial charge in [-0.2, -0.15) is 23.3 Å². The number of carbonyl (C=O) groups is 1. The number of nitrogens with zero attached hydrogens (tertiary/aromatic N) is 4. The molecule has 0 aliphatic carbocycles. The van der Waals surface area contributed by atoms with Crippen LogP contribution in [0.15, 0.2) is 10.7 Å². The minimum absolute atomic E-state index is 0.0146. The van der Waals surface area contributed by atoms with Crippen molar-refractivity contribution in [3.05, 3.63) is 23.6 Å². The Balaban J connectivity index is 1.83. The van der Waals surface area contributed by atoms with Crippen molar-refractivity contribution < 1.29 is 27.2 Å². The summed E-state index contributed by atoms with van der Waals surface area (Å²) >= 11 is 0. The highest BCUT2D eigenvalue weighted by molar-refractivity contribution is 5.90. The number of halogens is 3. The van der Waals surface area contributed by atoms with E-state index in [1.165, 1.54) is 6.92 Å². The highest BCUT2D eigenvalue weighted by Gasteiger charge is 2.42. The van der Waals surface area contributed by atoms with E-state index >= 15 is 0 Å². The first-order chi connectivity index (χ1) is 12.7. The molecule has 12 heteroatoms. The Bertz CT molecular complexity index is 810. The van der Waals surface area contributed by atoms with Crippen molar-refractivity contribution >= 4 is 11.7 Å². The van der Waals surface area contributed by atoms with Gasteiger partial charge in [-0.1, -0.05) is 5.16 Å². The van der Waals surface area contributed by atoms with E-state index in [4.69, 9.17) is 9.26 Å². The van der Waals surface area contributed by atoms with Gasteiger partial charge in [0.2, 0.25) is 0 Å². The number of aryl methyl sites for hydroxylation is 2. The van der Waals surface area contributed by atoms with Gasteiger partial charge in [-0.3, -0.25) is 4.68 Å². The number of aromatic nitrogens is 4. The third-order valence-electron chi connectivity index (χ3n) is 4.29. The molecule has 2 aromatic heterocycles. The number of nitrogens with one attached hydrogen (secondary N) is 2. The van der Waals surface area contributed by atoms with E-state index in [1.807, 2.05) is 0 Å². The van der Waals surface area contributed by atoms with Gasteiger partial charge in [0.25, 0.3) is 5.89 Å². The van der Waals surface area contributed by atoms with Crippen LogP contribution >= 0.6 is 0 Å². The van der Waals surface area contributed by atoms with Gasteiger partial charge in [-0.25, -0.2) is 4.79 Å². The molecular weight excluding hydrogens is 369 g/mol. The Morgan fingerprint density at radius 1 is 1.37 bits per heavy atom. The maximum Gasteiger partial charge on any atom is 0.435 e. The van der Waals surface area contributed by atoms with Gasteiger partial charge in [0.1, 0.15) is 5.54 Å². The van der Waals surface area contributed by atoms with Crippen molar-refractivity contribution in [2.24, 2.45) is 0 Å². The van der Waals surface area contributed by atoms with Crippen LogP contribution in [0.5, 0.6) is 0 Å². The summed E-state index contributed by atoms with van der Waals surface area (Å²) in [4.78, 5) is 16.7. The van der Waals surface area contributed by atoms with Crippen LogP contribution in [0.1, 0.15) is 37.2 Å². The Morgan fingerprint density at radius 2 is 2.07 bits per heavy atom. The van der Waals surface area contributed by atoms with Gasteiger partial charge in [0.15, 0.2) is 11.5 Å². The molecule has 1 aliphatic rings. The SMILES string of the molecule is CCn1ncc(NC(=O)NC2(c3nc(C)no3)CCOCC2)c1C(F)(F)F. The molecule has 1 saturated heterocycles. The summed E-state index contributed by atoms with van der Waals surface area (Å²) in [5.74, 6) is 0.584. The first-order valence-corrected chi connectivity index (χ1v) is 8.36. The molecule has 0 aromatic carbocycles. The number of anilines is 1. The molecule has 3 heterocycles. The van der Waals surface area contributed by atoms with E-state index in [0.29, 0.717) is 31.9 Å². The number of urea groups is 1. The van der Waals surface area contributed by atoms with E-state index in [9.17, 15) is 18.0 Å². The number of alkyl halides is 3. The second-order valence-electron chi connectivity index (χ2n) is 6.14. The second kappa shape index (κ2) is 7.18. The summed E-state index contributed by atoms with van der Waals surface area (Å²) in [6.07, 6.45) is -2.99. The first kappa shape index (κ1) is 19.1. The van der Waals surface area contributed by atoms with Crippen molar-refractivity contribution in [1.29, 1.82) is 0 Å². The highest BCUT2D eigenvalue weighted by atomic mass is 19.4. The number of amides is 2. The van der Waals surface area contributed by atoms with Crippen LogP contribution in [0.4, 0.5) is 23.7 Å². The fraction of sp³-hybridized carbons (Fsp3) is 0.600. The monoisotopic (exact) mass is 388 g/mol. The molecule has 148 valence electrons. The van der Waals surface area contributed by atoms with E-state index in [1.54, 1.807) is 6.92 Å². The summed E-state index contributed by atoms with van der Waals surface area (Å²) in [6, 6.07) is -0.825. The lowest BCUT2D eigenvalue weighted by molar-refractivity contribution is -0.143. The van der Waals surface area contributed by atoms with Gasteiger partial charge in [0.05, 0.1) is 11.9 Å². The predicted octanol–water partition coefficient (Wildman–Crippen LogP) is 2.44. The lowest BCUT2D eigenvalue weighted by Crippen LogP contribution is -2.51. The zero-order valence-corrected chi connectivity index (χ0v) is 14.8. The topological polar surface area (TPSA) is 107 Å². The summed E-state index contributed by atoms with van der Waals surface area (Å²) in [6.45, 7) is 3.85. The molecule has 0 unspecified atom stereocenters. The van der Waals surface area contributed by atoms with Crippen LogP contribution < -0.4 is 10.6 Å². The van der Waals surface area contributed by atoms with Gasteiger partial charge in [-0.15, -0.1) is 0 Å². The van der Waals surface area contributed by atoms with Crippen molar-refractivity contribution in [3.8, 4) is 0 Å². The fourth-order valence-corrected chi connectivity index (χ4v) is 2.99. The average Bonchev–Trinajstić information content (AvgIpc) is 3.21. The molecule has 0 saturated carbocycles. The largest absolute Gasteiger partial charge is 0.435 e. The normalized spacial score (nSPS) is 16.9. The van der Waals surface area contributed by atoms with Crippen LogP contribution in [0.2, 0.25) is 0 Å². The Labute approximate surface area is 152 Å². The van der Waals surface area contributed by atoms with Gasteiger partial charge < -0.3 is 19.9 Å². The molecule has 1 aliphatic heterocycles. The second-order valence-corrected chi connectivity index (χ2v) is 6.14. The van der Waals surface area contributed by atoms with Crippen molar-refractivity contribution in [3.63, 3.8) is 0 Å². The smallest absolute Gasteiger partial charge is 0.381 e. The lowest BCUT2D eigenvalue weighted by atomic mass is 9.90. The minimum Gasteiger partial charge on any atom is -0.381 e. The fourth-order valence-electron chi connectivity index (χ4n) is 2.99. The van der Waals surface area contributed by atoms with E-state index in [2.05, 4.69) is 25.9 Å². The van der Waals surface area contributed by atoms with Crippen molar-refractivity contribution in [2.75, 3.05) is 18.5 Å². The van der Waals surface area contributed by atoms with Gasteiger partial charge in [-0.05, 0) is 13.8 Å². The Kier molecular flexibility index (Phi) is 5.09. The van der Waals surface area contributed by atoms with Gasteiger partial charge >= 0.3 is 12.2 Å². The third-order valence-corrected chi connectivity index (χ3v) is 4.29. The zero-order chi connectivity index (χ0) is 19.7. The van der Waals surface area contributed by atoms with E-state index in [-0.39, 0.29) is 12.4 Å².